The molecule has 1 aromatic rings. The van der Waals surface area contributed by atoms with Gasteiger partial charge in [0.2, 0.25) is 10.0 Å². The number of hydrogen-bond acceptors (Lipinski definition) is 3. The van der Waals surface area contributed by atoms with Crippen LogP contribution in [0.4, 0.5) is 10.1 Å². The number of nitrogens with two attached hydrogens (primary N) is 1. The average Bonchev–Trinajstić information content (AvgIpc) is 2.26. The van der Waals surface area contributed by atoms with Crippen molar-refractivity contribution in [3.8, 4) is 0 Å². The Bertz CT molecular complexity index is 502. The van der Waals surface area contributed by atoms with Crippen molar-refractivity contribution in [1.29, 1.82) is 0 Å². The maximum Gasteiger partial charge on any atom is 0.245 e. The first-order valence-electron chi connectivity index (χ1n) is 5.33. The van der Waals surface area contributed by atoms with Gasteiger partial charge >= 0.3 is 0 Å². The fourth-order valence-corrected chi connectivity index (χ4v) is 2.93. The van der Waals surface area contributed by atoms with Gasteiger partial charge in [-0.15, -0.1) is 0 Å². The molecule has 1 rings (SSSR count). The summed E-state index contributed by atoms with van der Waals surface area (Å²) in [6, 6.07) is 3.16. The zero-order valence-electron chi connectivity index (χ0n) is 10.1. The molecule has 6 heteroatoms. The Hall–Kier alpha value is -1.14. The first-order chi connectivity index (χ1) is 7.80. The molecule has 0 aromatic heterocycles. The predicted molar refractivity (Wildman–Crippen MR) is 65.5 cm³/mol. The molecular weight excluding hydrogens is 243 g/mol. The van der Waals surface area contributed by atoms with Crippen LogP contribution in [-0.2, 0) is 10.0 Å². The Morgan fingerprint density at radius 2 is 2.06 bits per heavy atom. The van der Waals surface area contributed by atoms with Gasteiger partial charge in [0.1, 0.15) is 10.7 Å². The number of halogens is 1. The standard InChI is InChI=1S/C11H17FN2O2S/c1-4-8(2)14(3)17(15,16)11-6-5-9(12)7-10(11)13/h5-8H,4,13H2,1-3H3. The molecule has 0 bridgehead atoms. The van der Waals surface area contributed by atoms with Crippen molar-refractivity contribution in [3.05, 3.63) is 24.0 Å². The largest absolute Gasteiger partial charge is 0.398 e. The van der Waals surface area contributed by atoms with Gasteiger partial charge in [-0.2, -0.15) is 4.31 Å². The van der Waals surface area contributed by atoms with Gasteiger partial charge in [0.15, 0.2) is 0 Å². The van der Waals surface area contributed by atoms with E-state index in [9.17, 15) is 12.8 Å². The van der Waals surface area contributed by atoms with Crippen LogP contribution in [0.3, 0.4) is 0 Å². The normalized spacial score (nSPS) is 13.9. The third kappa shape index (κ3) is 2.76. The second-order valence-electron chi connectivity index (χ2n) is 3.96. The molecule has 0 spiro atoms. The zero-order valence-corrected chi connectivity index (χ0v) is 11.0. The van der Waals surface area contributed by atoms with Gasteiger partial charge in [0.25, 0.3) is 0 Å². The van der Waals surface area contributed by atoms with Crippen molar-refractivity contribution in [2.24, 2.45) is 0 Å². The molecular formula is C11H17FN2O2S. The first kappa shape index (κ1) is 13.9. The number of anilines is 1. The van der Waals surface area contributed by atoms with Crippen molar-refractivity contribution in [1.82, 2.24) is 4.31 Å². The number of nitrogen functional groups attached to an aromatic ring is 1. The second kappa shape index (κ2) is 5.01. The summed E-state index contributed by atoms with van der Waals surface area (Å²) >= 11 is 0. The minimum Gasteiger partial charge on any atom is -0.398 e. The van der Waals surface area contributed by atoms with Crippen LogP contribution in [0, 0.1) is 5.82 Å². The highest BCUT2D eigenvalue weighted by atomic mass is 32.2. The molecule has 0 aliphatic rings. The molecule has 1 aromatic carbocycles. The Labute approximate surface area is 101 Å². The first-order valence-corrected chi connectivity index (χ1v) is 6.77. The molecule has 0 aliphatic heterocycles. The van der Waals surface area contributed by atoms with Crippen LogP contribution in [-0.4, -0.2) is 25.8 Å². The van der Waals surface area contributed by atoms with Crippen LogP contribution in [0.15, 0.2) is 23.1 Å². The van der Waals surface area contributed by atoms with E-state index in [1.54, 1.807) is 6.92 Å². The maximum atomic E-state index is 12.9. The molecule has 2 N–H and O–H groups in total. The lowest BCUT2D eigenvalue weighted by molar-refractivity contribution is 0.381. The summed E-state index contributed by atoms with van der Waals surface area (Å²) in [6.07, 6.45) is 0.691. The van der Waals surface area contributed by atoms with Gasteiger partial charge in [-0.05, 0) is 31.5 Å². The Morgan fingerprint density at radius 3 is 2.53 bits per heavy atom. The van der Waals surface area contributed by atoms with E-state index in [0.29, 0.717) is 6.42 Å². The SMILES string of the molecule is CCC(C)N(C)S(=O)(=O)c1ccc(F)cc1N. The van der Waals surface area contributed by atoms with E-state index in [1.165, 1.54) is 17.4 Å². The topological polar surface area (TPSA) is 63.4 Å². The number of benzene rings is 1. The van der Waals surface area contributed by atoms with E-state index in [2.05, 4.69) is 0 Å². The van der Waals surface area contributed by atoms with Crippen molar-refractivity contribution in [2.45, 2.75) is 31.2 Å². The summed E-state index contributed by atoms with van der Waals surface area (Å²) in [4.78, 5) is -0.0540. The fraction of sp³-hybridized carbons (Fsp3) is 0.455. The number of rotatable bonds is 4. The van der Waals surface area contributed by atoms with Crippen molar-refractivity contribution in [2.75, 3.05) is 12.8 Å². The van der Waals surface area contributed by atoms with Crippen LogP contribution in [0.5, 0.6) is 0 Å². The second-order valence-corrected chi connectivity index (χ2v) is 5.93. The van der Waals surface area contributed by atoms with Gasteiger partial charge in [0, 0.05) is 13.1 Å². The minimum absolute atomic E-state index is 0.0540. The summed E-state index contributed by atoms with van der Waals surface area (Å²) in [6.45, 7) is 3.70. The van der Waals surface area contributed by atoms with E-state index in [4.69, 9.17) is 5.73 Å². The van der Waals surface area contributed by atoms with Crippen LogP contribution in [0.2, 0.25) is 0 Å². The minimum atomic E-state index is -3.66. The molecule has 0 aliphatic carbocycles. The van der Waals surface area contributed by atoms with Crippen molar-refractivity contribution in [3.63, 3.8) is 0 Å². The van der Waals surface area contributed by atoms with Crippen molar-refractivity contribution >= 4 is 15.7 Å². The Kier molecular flexibility index (Phi) is 4.11. The van der Waals surface area contributed by atoms with Gasteiger partial charge in [0.05, 0.1) is 5.69 Å². The lowest BCUT2D eigenvalue weighted by atomic mass is 10.3. The van der Waals surface area contributed by atoms with Crippen LogP contribution in [0.25, 0.3) is 0 Å². The number of sulfonamides is 1. The average molecular weight is 260 g/mol. The third-order valence-corrected chi connectivity index (χ3v) is 4.89. The lowest BCUT2D eigenvalue weighted by Crippen LogP contribution is -2.35. The van der Waals surface area contributed by atoms with E-state index >= 15 is 0 Å². The monoisotopic (exact) mass is 260 g/mol. The lowest BCUT2D eigenvalue weighted by Gasteiger charge is -2.23. The summed E-state index contributed by atoms with van der Waals surface area (Å²) in [5, 5.41) is 0. The summed E-state index contributed by atoms with van der Waals surface area (Å²) < 4.78 is 38.5. The van der Waals surface area contributed by atoms with E-state index in [0.717, 1.165) is 12.1 Å². The quantitative estimate of drug-likeness (QED) is 0.840. The molecule has 0 saturated heterocycles. The molecule has 17 heavy (non-hydrogen) atoms. The van der Waals surface area contributed by atoms with E-state index in [1.807, 2.05) is 6.92 Å². The molecule has 0 radical (unpaired) electrons. The van der Waals surface area contributed by atoms with Gasteiger partial charge < -0.3 is 5.73 Å². The Balaban J connectivity index is 3.22. The highest BCUT2D eigenvalue weighted by molar-refractivity contribution is 7.89. The van der Waals surface area contributed by atoms with Crippen LogP contribution < -0.4 is 5.73 Å². The summed E-state index contributed by atoms with van der Waals surface area (Å²) in [5.41, 5.74) is 5.47. The smallest absolute Gasteiger partial charge is 0.245 e. The zero-order chi connectivity index (χ0) is 13.2. The Morgan fingerprint density at radius 1 is 1.47 bits per heavy atom. The summed E-state index contributed by atoms with van der Waals surface area (Å²) in [5.74, 6) is -0.548. The molecule has 0 amide bonds. The molecule has 96 valence electrons. The highest BCUT2D eigenvalue weighted by Crippen LogP contribution is 2.24. The van der Waals surface area contributed by atoms with Crippen LogP contribution in [0.1, 0.15) is 20.3 Å². The van der Waals surface area contributed by atoms with Gasteiger partial charge in [-0.1, -0.05) is 6.92 Å². The molecule has 4 nitrogen and oxygen atoms in total. The van der Waals surface area contributed by atoms with Gasteiger partial charge in [-0.25, -0.2) is 12.8 Å². The van der Waals surface area contributed by atoms with Crippen molar-refractivity contribution < 1.29 is 12.8 Å². The highest BCUT2D eigenvalue weighted by Gasteiger charge is 2.26. The predicted octanol–water partition coefficient (Wildman–Crippen LogP) is 1.83. The fourth-order valence-electron chi connectivity index (χ4n) is 1.40. The molecule has 1 atom stereocenters. The summed E-state index contributed by atoms with van der Waals surface area (Å²) in [7, 11) is -2.16. The van der Waals surface area contributed by atoms with E-state index in [-0.39, 0.29) is 16.6 Å². The van der Waals surface area contributed by atoms with E-state index < -0.39 is 15.8 Å². The maximum absolute atomic E-state index is 12.9. The molecule has 0 heterocycles. The van der Waals surface area contributed by atoms with Crippen LogP contribution >= 0.6 is 0 Å². The number of nitrogens with zero attached hydrogens (tertiary/aromatic N) is 1. The van der Waals surface area contributed by atoms with Gasteiger partial charge in [-0.3, -0.25) is 0 Å². The molecule has 0 saturated carbocycles. The molecule has 1 unspecified atom stereocenters. The molecule has 0 fully saturated rings. The number of hydrogen-bond donors (Lipinski definition) is 1. The third-order valence-electron chi connectivity index (χ3n) is 2.84.